The average molecular weight is 259 g/mol. The first-order valence-corrected chi connectivity index (χ1v) is 6.67. The number of nitrogens with zero attached hydrogens (tertiary/aromatic N) is 2. The van der Waals surface area contributed by atoms with Crippen LogP contribution >= 0.6 is 15.9 Å². The molecule has 3 heteroatoms. The Morgan fingerprint density at radius 2 is 2.00 bits per heavy atom. The van der Waals surface area contributed by atoms with E-state index in [4.69, 9.17) is 5.26 Å². The van der Waals surface area contributed by atoms with E-state index in [0.29, 0.717) is 6.42 Å². The number of nitriles is 1. The van der Waals surface area contributed by atoms with E-state index in [0.717, 1.165) is 17.9 Å². The van der Waals surface area contributed by atoms with Crippen LogP contribution in [0.25, 0.3) is 0 Å². The van der Waals surface area contributed by atoms with Crippen molar-refractivity contribution in [1.82, 2.24) is 4.90 Å². The van der Waals surface area contributed by atoms with Gasteiger partial charge >= 0.3 is 0 Å². The molecule has 0 atom stereocenters. The van der Waals surface area contributed by atoms with Gasteiger partial charge in [-0.25, -0.2) is 0 Å². The third-order valence-electron chi connectivity index (χ3n) is 2.65. The van der Waals surface area contributed by atoms with E-state index >= 15 is 0 Å². The molecule has 0 radical (unpaired) electrons. The normalized spacial score (nSPS) is 15.8. The number of hydrogen-bond donors (Lipinski definition) is 0. The Hall–Kier alpha value is -0.0700. The van der Waals surface area contributed by atoms with Gasteiger partial charge in [-0.05, 0) is 32.2 Å². The van der Waals surface area contributed by atoms with Crippen molar-refractivity contribution in [2.75, 3.05) is 18.4 Å². The fourth-order valence-corrected chi connectivity index (χ4v) is 2.09. The van der Waals surface area contributed by atoms with Crippen molar-refractivity contribution in [3.05, 3.63) is 0 Å². The van der Waals surface area contributed by atoms with Gasteiger partial charge in [-0.1, -0.05) is 22.4 Å². The number of halogens is 1. The Morgan fingerprint density at radius 1 is 1.21 bits per heavy atom. The molecule has 1 aliphatic carbocycles. The topological polar surface area (TPSA) is 27.0 Å². The second-order valence-corrected chi connectivity index (χ2v) is 4.72. The van der Waals surface area contributed by atoms with Gasteiger partial charge in [-0.2, -0.15) is 5.26 Å². The Bertz CT molecular complexity index is 184. The number of rotatable bonds is 8. The SMILES string of the molecule is N#CCCN(CCCCCBr)C1CC1. The Kier molecular flexibility index (Phi) is 6.22. The van der Waals surface area contributed by atoms with Gasteiger partial charge in [0.1, 0.15) is 0 Å². The first-order chi connectivity index (χ1) is 6.88. The van der Waals surface area contributed by atoms with Crippen LogP contribution in [-0.4, -0.2) is 29.4 Å². The van der Waals surface area contributed by atoms with Gasteiger partial charge in [0.05, 0.1) is 6.07 Å². The van der Waals surface area contributed by atoms with Crippen LogP contribution in [0.5, 0.6) is 0 Å². The Labute approximate surface area is 95.4 Å². The van der Waals surface area contributed by atoms with Crippen LogP contribution in [0.3, 0.4) is 0 Å². The van der Waals surface area contributed by atoms with Gasteiger partial charge in [0.25, 0.3) is 0 Å². The van der Waals surface area contributed by atoms with E-state index in [2.05, 4.69) is 26.9 Å². The minimum Gasteiger partial charge on any atom is -0.299 e. The standard InChI is InChI=1S/C11H19BrN2/c12-7-2-1-3-9-14(10-4-8-13)11-5-6-11/h11H,1-7,9-10H2. The second kappa shape index (κ2) is 7.25. The van der Waals surface area contributed by atoms with Crippen molar-refractivity contribution < 1.29 is 0 Å². The van der Waals surface area contributed by atoms with Crippen LogP contribution in [0.15, 0.2) is 0 Å². The molecule has 0 aromatic rings. The highest BCUT2D eigenvalue weighted by Crippen LogP contribution is 2.27. The lowest BCUT2D eigenvalue weighted by Crippen LogP contribution is -2.28. The predicted molar refractivity (Wildman–Crippen MR) is 62.5 cm³/mol. The molecule has 14 heavy (non-hydrogen) atoms. The number of unbranched alkanes of at least 4 members (excludes halogenated alkanes) is 2. The molecule has 0 spiro atoms. The minimum atomic E-state index is 0.689. The van der Waals surface area contributed by atoms with E-state index in [1.54, 1.807) is 0 Å². The molecule has 0 N–H and O–H groups in total. The zero-order valence-electron chi connectivity index (χ0n) is 8.71. The highest BCUT2D eigenvalue weighted by Gasteiger charge is 2.27. The van der Waals surface area contributed by atoms with Crippen LogP contribution in [0, 0.1) is 11.3 Å². The molecule has 1 aliphatic rings. The molecule has 0 unspecified atom stereocenters. The second-order valence-electron chi connectivity index (χ2n) is 3.92. The molecule has 0 bridgehead atoms. The van der Waals surface area contributed by atoms with E-state index < -0.39 is 0 Å². The van der Waals surface area contributed by atoms with E-state index in [9.17, 15) is 0 Å². The van der Waals surface area contributed by atoms with Crippen LogP contribution in [0.4, 0.5) is 0 Å². The summed E-state index contributed by atoms with van der Waals surface area (Å²) < 4.78 is 0. The van der Waals surface area contributed by atoms with Gasteiger partial charge in [0.15, 0.2) is 0 Å². The van der Waals surface area contributed by atoms with Gasteiger partial charge in [-0.3, -0.25) is 4.90 Å². The summed E-state index contributed by atoms with van der Waals surface area (Å²) in [4.78, 5) is 2.50. The Morgan fingerprint density at radius 3 is 2.57 bits per heavy atom. The maximum absolute atomic E-state index is 8.54. The summed E-state index contributed by atoms with van der Waals surface area (Å²) >= 11 is 3.44. The van der Waals surface area contributed by atoms with E-state index in [1.807, 2.05) is 0 Å². The van der Waals surface area contributed by atoms with Crippen molar-refractivity contribution in [1.29, 1.82) is 5.26 Å². The fourth-order valence-electron chi connectivity index (χ4n) is 1.70. The summed E-state index contributed by atoms with van der Waals surface area (Å²) in [6.45, 7) is 2.18. The highest BCUT2D eigenvalue weighted by molar-refractivity contribution is 9.09. The lowest BCUT2D eigenvalue weighted by atomic mass is 10.2. The van der Waals surface area contributed by atoms with E-state index in [-0.39, 0.29) is 0 Å². The third-order valence-corrected chi connectivity index (χ3v) is 3.21. The van der Waals surface area contributed by atoms with Crippen molar-refractivity contribution in [3.8, 4) is 6.07 Å². The van der Waals surface area contributed by atoms with Crippen molar-refractivity contribution >= 4 is 15.9 Å². The summed E-state index contributed by atoms with van der Waals surface area (Å²) in [5.41, 5.74) is 0. The zero-order chi connectivity index (χ0) is 10.2. The highest BCUT2D eigenvalue weighted by atomic mass is 79.9. The summed E-state index contributed by atoms with van der Waals surface area (Å²) in [5.74, 6) is 0. The van der Waals surface area contributed by atoms with Gasteiger partial charge in [0.2, 0.25) is 0 Å². The van der Waals surface area contributed by atoms with Crippen molar-refractivity contribution in [2.24, 2.45) is 0 Å². The van der Waals surface area contributed by atoms with Gasteiger partial charge in [0, 0.05) is 24.3 Å². The lowest BCUT2D eigenvalue weighted by molar-refractivity contribution is 0.263. The van der Waals surface area contributed by atoms with Crippen LogP contribution in [-0.2, 0) is 0 Å². The first-order valence-electron chi connectivity index (χ1n) is 5.55. The molecule has 1 saturated carbocycles. The summed E-state index contributed by atoms with van der Waals surface area (Å²) in [5, 5.41) is 9.66. The molecule has 80 valence electrons. The first kappa shape index (κ1) is 12.0. The Balaban J connectivity index is 2.06. The molecule has 1 fully saturated rings. The average Bonchev–Trinajstić information content (AvgIpc) is 3.00. The smallest absolute Gasteiger partial charge is 0.0635 e. The molecule has 0 heterocycles. The quantitative estimate of drug-likeness (QED) is 0.495. The van der Waals surface area contributed by atoms with Gasteiger partial charge in [-0.15, -0.1) is 0 Å². The van der Waals surface area contributed by atoms with Crippen LogP contribution < -0.4 is 0 Å². The monoisotopic (exact) mass is 258 g/mol. The molecule has 0 aromatic carbocycles. The van der Waals surface area contributed by atoms with E-state index in [1.165, 1.54) is 38.6 Å². The third kappa shape index (κ3) is 4.97. The predicted octanol–water partition coefficient (Wildman–Crippen LogP) is 2.93. The minimum absolute atomic E-state index is 0.689. The molecule has 0 saturated heterocycles. The molecule has 1 rings (SSSR count). The molecular weight excluding hydrogens is 240 g/mol. The largest absolute Gasteiger partial charge is 0.299 e. The van der Waals surface area contributed by atoms with Crippen LogP contribution in [0.1, 0.15) is 38.5 Å². The lowest BCUT2D eigenvalue weighted by Gasteiger charge is -2.20. The molecule has 2 nitrogen and oxygen atoms in total. The number of hydrogen-bond acceptors (Lipinski definition) is 2. The summed E-state index contributed by atoms with van der Waals surface area (Å²) in [6, 6.07) is 3.05. The zero-order valence-corrected chi connectivity index (χ0v) is 10.3. The molecular formula is C11H19BrN2. The molecule has 0 aromatic heterocycles. The maximum Gasteiger partial charge on any atom is 0.0635 e. The number of alkyl halides is 1. The molecule has 0 amide bonds. The summed E-state index contributed by atoms with van der Waals surface area (Å²) in [6.07, 6.45) is 7.26. The molecule has 0 aliphatic heterocycles. The van der Waals surface area contributed by atoms with Gasteiger partial charge < -0.3 is 0 Å². The maximum atomic E-state index is 8.54. The van der Waals surface area contributed by atoms with Crippen LogP contribution in [0.2, 0.25) is 0 Å². The van der Waals surface area contributed by atoms with Crippen molar-refractivity contribution in [2.45, 2.75) is 44.6 Å². The fraction of sp³-hybridized carbons (Fsp3) is 0.909. The van der Waals surface area contributed by atoms with Crippen molar-refractivity contribution in [3.63, 3.8) is 0 Å². The summed E-state index contributed by atoms with van der Waals surface area (Å²) in [7, 11) is 0.